The summed E-state index contributed by atoms with van der Waals surface area (Å²) in [6.07, 6.45) is 14.8. The molecule has 0 saturated heterocycles. The fourth-order valence-electron chi connectivity index (χ4n) is 13.4. The van der Waals surface area contributed by atoms with Gasteiger partial charge in [0.15, 0.2) is 11.6 Å². The van der Waals surface area contributed by atoms with Crippen molar-refractivity contribution < 1.29 is 0 Å². The molecule has 3 aliphatic rings. The first kappa shape index (κ1) is 45.9. The second kappa shape index (κ2) is 18.5. The SMILES string of the molecule is CC1C=CC=C2C(c3ccc4ccc5c(c4c3)C=CCC=C5c3ccc(-c4nc(-c5ccccc5)nc(-n5c6ccccc6c6ccc7c8ccccc8n(-c8ccccc8)c7c65)n4)cc3)=c3ccccc3=C(c3ccccc3)C21. The molecule has 16 rings (SSSR count). The highest BCUT2D eigenvalue weighted by Crippen LogP contribution is 2.45. The highest BCUT2D eigenvalue weighted by atomic mass is 15.2. The Morgan fingerprint density at radius 3 is 1.76 bits per heavy atom. The predicted molar refractivity (Wildman–Crippen MR) is 331 cm³/mol. The van der Waals surface area contributed by atoms with Gasteiger partial charge in [0.1, 0.15) is 0 Å². The number of hydrogen-bond acceptors (Lipinski definition) is 3. The van der Waals surface area contributed by atoms with Crippen LogP contribution in [0.2, 0.25) is 0 Å². The van der Waals surface area contributed by atoms with Gasteiger partial charge in [0, 0.05) is 44.3 Å². The van der Waals surface area contributed by atoms with Gasteiger partial charge in [-0.3, -0.25) is 4.57 Å². The standard InChI is InChI=1S/C75H51N5/c1-47-20-19-33-64-68(47)70(50-21-5-2-6-22-50)61-32-14-13-31-60(61)69(64)53-41-38-49-42-43-57-55(27-11-12-28-56(57)65(49)46-53)48-36-39-52(40-37-48)74-76-73(51-23-7-3-8-24-51)77-75(78-74)80-67-35-18-16-30-59(67)63-45-44-62-58-29-15-17-34-66(58)79(71(62)72(63)80)54-25-9-4-10-26-54/h2-10,12-47,68H,11H2,1H3. The number of nitrogens with zero attached hydrogens (tertiary/aromatic N) is 5. The molecule has 0 fully saturated rings. The summed E-state index contributed by atoms with van der Waals surface area (Å²) in [6.45, 7) is 2.37. The average molecular weight is 1020 g/mol. The molecule has 0 radical (unpaired) electrons. The van der Waals surface area contributed by atoms with Crippen molar-refractivity contribution >= 4 is 77.2 Å². The lowest BCUT2D eigenvalue weighted by Crippen LogP contribution is -2.39. The van der Waals surface area contributed by atoms with Crippen LogP contribution in [0.5, 0.6) is 0 Å². The van der Waals surface area contributed by atoms with Gasteiger partial charge in [-0.05, 0) is 114 Å². The van der Waals surface area contributed by atoms with Gasteiger partial charge in [0.05, 0.1) is 22.1 Å². The van der Waals surface area contributed by atoms with E-state index in [1.165, 1.54) is 76.5 Å². The Morgan fingerprint density at radius 1 is 0.463 bits per heavy atom. The van der Waals surface area contributed by atoms with Crippen molar-refractivity contribution in [3.8, 4) is 34.4 Å². The van der Waals surface area contributed by atoms with Crippen LogP contribution in [0.1, 0.15) is 41.2 Å². The Morgan fingerprint density at radius 2 is 1.04 bits per heavy atom. The molecule has 3 aliphatic carbocycles. The molecule has 0 saturated carbocycles. The third kappa shape index (κ3) is 7.21. The van der Waals surface area contributed by atoms with E-state index in [2.05, 4.69) is 265 Å². The van der Waals surface area contributed by atoms with Crippen molar-refractivity contribution in [2.24, 2.45) is 11.8 Å². The molecule has 0 aliphatic heterocycles. The van der Waals surface area contributed by atoms with E-state index >= 15 is 0 Å². The summed E-state index contributed by atoms with van der Waals surface area (Å²) in [4.78, 5) is 16.1. The first-order valence-electron chi connectivity index (χ1n) is 27.8. The zero-order valence-corrected chi connectivity index (χ0v) is 44.0. The summed E-state index contributed by atoms with van der Waals surface area (Å²) in [5.41, 5.74) is 18.7. The van der Waals surface area contributed by atoms with E-state index in [0.717, 1.165) is 61.6 Å². The number of para-hydroxylation sites is 3. The second-order valence-corrected chi connectivity index (χ2v) is 21.4. The van der Waals surface area contributed by atoms with Gasteiger partial charge in [-0.2, -0.15) is 9.97 Å². The van der Waals surface area contributed by atoms with Crippen molar-refractivity contribution in [3.63, 3.8) is 0 Å². The fraction of sp³-hybridized carbons (Fsp3) is 0.0533. The van der Waals surface area contributed by atoms with Gasteiger partial charge < -0.3 is 4.57 Å². The van der Waals surface area contributed by atoms with E-state index in [1.807, 2.05) is 18.2 Å². The quantitative estimate of drug-likeness (QED) is 0.160. The van der Waals surface area contributed by atoms with Gasteiger partial charge in [0.25, 0.3) is 0 Å². The lowest BCUT2D eigenvalue weighted by atomic mass is 9.68. The van der Waals surface area contributed by atoms with Crippen molar-refractivity contribution in [3.05, 3.63) is 305 Å². The number of hydrogen-bond donors (Lipinski definition) is 0. The molecule has 0 spiro atoms. The molecular weight excluding hydrogens is 971 g/mol. The van der Waals surface area contributed by atoms with E-state index < -0.39 is 0 Å². The third-order valence-electron chi connectivity index (χ3n) is 16.9. The predicted octanol–water partition coefficient (Wildman–Crippen LogP) is 16.6. The highest BCUT2D eigenvalue weighted by Gasteiger charge is 2.33. The Bertz CT molecular complexity index is 4960. The van der Waals surface area contributed by atoms with Crippen LogP contribution in [0, 0.1) is 11.8 Å². The number of benzene rings is 10. The molecule has 2 unspecified atom stereocenters. The summed E-state index contributed by atoms with van der Waals surface area (Å²) in [6, 6.07) is 83.4. The Hall–Kier alpha value is -10.2. The third-order valence-corrected chi connectivity index (χ3v) is 16.9. The molecule has 80 heavy (non-hydrogen) atoms. The lowest BCUT2D eigenvalue weighted by molar-refractivity contribution is 0.597. The number of aromatic nitrogens is 5. The largest absolute Gasteiger partial charge is 0.307 e. The Labute approximate surface area is 463 Å². The Kier molecular flexibility index (Phi) is 10.6. The van der Waals surface area contributed by atoms with Crippen LogP contribution in [0.15, 0.2) is 266 Å². The van der Waals surface area contributed by atoms with Gasteiger partial charge in [-0.1, -0.05) is 244 Å². The Balaban J connectivity index is 0.840. The second-order valence-electron chi connectivity index (χ2n) is 21.4. The molecule has 13 aromatic rings. The van der Waals surface area contributed by atoms with E-state index in [-0.39, 0.29) is 5.92 Å². The topological polar surface area (TPSA) is 48.5 Å². The van der Waals surface area contributed by atoms with Crippen molar-refractivity contribution in [2.45, 2.75) is 13.3 Å². The normalized spacial score (nSPS) is 15.8. The van der Waals surface area contributed by atoms with Crippen molar-refractivity contribution in [1.29, 1.82) is 0 Å². The van der Waals surface area contributed by atoms with Crippen LogP contribution in [-0.4, -0.2) is 24.1 Å². The van der Waals surface area contributed by atoms with Gasteiger partial charge in [-0.15, -0.1) is 0 Å². The van der Waals surface area contributed by atoms with Crippen LogP contribution >= 0.6 is 0 Å². The average Bonchev–Trinajstić information content (AvgIpc) is 3.99. The minimum atomic E-state index is 0.237. The zero-order valence-electron chi connectivity index (χ0n) is 44.0. The molecule has 3 heterocycles. The van der Waals surface area contributed by atoms with Crippen molar-refractivity contribution in [2.75, 3.05) is 0 Å². The van der Waals surface area contributed by atoms with Gasteiger partial charge in [-0.25, -0.2) is 4.98 Å². The zero-order chi connectivity index (χ0) is 52.8. The molecule has 2 atom stereocenters. The van der Waals surface area contributed by atoms with E-state index in [4.69, 9.17) is 15.0 Å². The maximum Gasteiger partial charge on any atom is 0.238 e. The van der Waals surface area contributed by atoms with Crippen LogP contribution in [0.3, 0.4) is 0 Å². The summed E-state index contributed by atoms with van der Waals surface area (Å²) < 4.78 is 4.66. The summed E-state index contributed by atoms with van der Waals surface area (Å²) in [7, 11) is 0. The molecule has 376 valence electrons. The minimum absolute atomic E-state index is 0.237. The molecule has 5 heteroatoms. The summed E-state index contributed by atoms with van der Waals surface area (Å²) in [5, 5.41) is 9.70. The molecule has 0 amide bonds. The first-order valence-corrected chi connectivity index (χ1v) is 27.8. The van der Waals surface area contributed by atoms with E-state index in [1.54, 1.807) is 0 Å². The number of fused-ring (bicyclic) bond motifs is 12. The molecule has 3 aromatic heterocycles. The molecular formula is C75H51N5. The fourth-order valence-corrected chi connectivity index (χ4v) is 13.4. The van der Waals surface area contributed by atoms with E-state index in [0.29, 0.717) is 23.5 Å². The maximum atomic E-state index is 5.47. The molecule has 0 bridgehead atoms. The molecule has 5 nitrogen and oxygen atoms in total. The smallest absolute Gasteiger partial charge is 0.238 e. The first-order chi connectivity index (χ1) is 39.6. The van der Waals surface area contributed by atoms with Gasteiger partial charge >= 0.3 is 0 Å². The van der Waals surface area contributed by atoms with Crippen LogP contribution in [0.4, 0.5) is 0 Å². The highest BCUT2D eigenvalue weighted by molar-refractivity contribution is 6.23. The molecule has 10 aromatic carbocycles. The summed E-state index contributed by atoms with van der Waals surface area (Å²) in [5.74, 6) is 2.36. The lowest BCUT2D eigenvalue weighted by Gasteiger charge is -2.35. The van der Waals surface area contributed by atoms with Crippen LogP contribution in [-0.2, 0) is 0 Å². The molecule has 0 N–H and O–H groups in total. The number of rotatable bonds is 7. The summed E-state index contributed by atoms with van der Waals surface area (Å²) >= 11 is 0. The van der Waals surface area contributed by atoms with Gasteiger partial charge in [0.2, 0.25) is 5.95 Å². The van der Waals surface area contributed by atoms with Crippen LogP contribution < -0.4 is 10.4 Å². The van der Waals surface area contributed by atoms with Crippen LogP contribution in [0.25, 0.3) is 112 Å². The van der Waals surface area contributed by atoms with E-state index in [9.17, 15) is 0 Å². The minimum Gasteiger partial charge on any atom is -0.307 e. The maximum absolute atomic E-state index is 5.47. The monoisotopic (exact) mass is 1020 g/mol. The number of allylic oxidation sites excluding steroid dienone is 6. The van der Waals surface area contributed by atoms with Crippen molar-refractivity contribution in [1.82, 2.24) is 24.1 Å².